The number of alkyl carbamates (subject to hydrolysis) is 1. The maximum absolute atomic E-state index is 11.6. The molecule has 0 aromatic heterocycles. The van der Waals surface area contributed by atoms with Crippen molar-refractivity contribution in [2.24, 2.45) is 0 Å². The summed E-state index contributed by atoms with van der Waals surface area (Å²) in [5.74, 6) is -0.409. The standard InChI is InChI=1S/C15H29NO4/c1-4-6-8-9-10-12-19-14(17)13(3)16-15(18)20-11-7-5-2/h13H,4-12H2,1-3H3,(H,16,18). The molecule has 0 heterocycles. The van der Waals surface area contributed by atoms with Gasteiger partial charge in [0.2, 0.25) is 0 Å². The Morgan fingerprint density at radius 3 is 2.15 bits per heavy atom. The first-order chi connectivity index (χ1) is 9.61. The summed E-state index contributed by atoms with van der Waals surface area (Å²) < 4.78 is 10.0. The third-order valence-electron chi connectivity index (χ3n) is 2.91. The number of carbonyl (C=O) groups is 2. The van der Waals surface area contributed by atoms with Crippen LogP contribution in [0.1, 0.15) is 65.7 Å². The van der Waals surface area contributed by atoms with E-state index in [1.165, 1.54) is 19.3 Å². The molecule has 5 heteroatoms. The molecule has 0 saturated heterocycles. The van der Waals surface area contributed by atoms with E-state index in [9.17, 15) is 9.59 Å². The average Bonchev–Trinajstić information content (AvgIpc) is 2.42. The molecule has 1 N–H and O–H groups in total. The lowest BCUT2D eigenvalue weighted by Gasteiger charge is -2.13. The Morgan fingerprint density at radius 2 is 1.50 bits per heavy atom. The lowest BCUT2D eigenvalue weighted by atomic mass is 10.2. The number of amides is 1. The number of carbonyl (C=O) groups excluding carboxylic acids is 2. The summed E-state index contributed by atoms with van der Waals surface area (Å²) in [5, 5.41) is 2.46. The predicted octanol–water partition coefficient (Wildman–Crippen LogP) is 3.41. The predicted molar refractivity (Wildman–Crippen MR) is 78.6 cm³/mol. The summed E-state index contributed by atoms with van der Waals surface area (Å²) in [6, 6.07) is -0.667. The van der Waals surface area contributed by atoms with Crippen LogP contribution < -0.4 is 5.32 Å². The molecule has 0 aliphatic carbocycles. The second-order valence-electron chi connectivity index (χ2n) is 4.94. The minimum atomic E-state index is -0.667. The molecular formula is C15H29NO4. The Hall–Kier alpha value is -1.26. The van der Waals surface area contributed by atoms with E-state index in [2.05, 4.69) is 12.2 Å². The van der Waals surface area contributed by atoms with E-state index >= 15 is 0 Å². The van der Waals surface area contributed by atoms with Crippen molar-refractivity contribution in [3.8, 4) is 0 Å². The highest BCUT2D eigenvalue weighted by Crippen LogP contribution is 2.03. The zero-order chi connectivity index (χ0) is 15.2. The molecule has 0 fully saturated rings. The minimum absolute atomic E-state index is 0.377. The largest absolute Gasteiger partial charge is 0.464 e. The van der Waals surface area contributed by atoms with Gasteiger partial charge in [-0.25, -0.2) is 9.59 Å². The zero-order valence-electron chi connectivity index (χ0n) is 13.1. The molecule has 0 aromatic carbocycles. The fraction of sp³-hybridized carbons (Fsp3) is 0.867. The molecule has 20 heavy (non-hydrogen) atoms. The summed E-state index contributed by atoms with van der Waals surface area (Å²) in [5.41, 5.74) is 0. The van der Waals surface area contributed by atoms with Crippen LogP contribution in [0, 0.1) is 0 Å². The first kappa shape index (κ1) is 18.7. The summed E-state index contributed by atoms with van der Waals surface area (Å²) in [7, 11) is 0. The van der Waals surface area contributed by atoms with Gasteiger partial charge in [0.05, 0.1) is 13.2 Å². The molecule has 0 spiro atoms. The quantitative estimate of drug-likeness (QED) is 0.467. The smallest absolute Gasteiger partial charge is 0.407 e. The van der Waals surface area contributed by atoms with Crippen molar-refractivity contribution < 1.29 is 19.1 Å². The molecule has 0 radical (unpaired) electrons. The van der Waals surface area contributed by atoms with E-state index < -0.39 is 18.1 Å². The maximum atomic E-state index is 11.6. The number of hydrogen-bond acceptors (Lipinski definition) is 4. The van der Waals surface area contributed by atoms with E-state index in [1.807, 2.05) is 6.92 Å². The van der Waals surface area contributed by atoms with Gasteiger partial charge < -0.3 is 14.8 Å². The van der Waals surface area contributed by atoms with Crippen LogP contribution in [0.3, 0.4) is 0 Å². The van der Waals surface area contributed by atoms with E-state index in [0.29, 0.717) is 13.2 Å². The lowest BCUT2D eigenvalue weighted by molar-refractivity contribution is -0.145. The van der Waals surface area contributed by atoms with Crippen LogP contribution in [0.5, 0.6) is 0 Å². The van der Waals surface area contributed by atoms with Crippen LogP contribution >= 0.6 is 0 Å². The van der Waals surface area contributed by atoms with Crippen LogP contribution in [-0.4, -0.2) is 31.3 Å². The molecule has 0 aromatic rings. The normalized spacial score (nSPS) is 11.8. The Bertz CT molecular complexity index is 269. The van der Waals surface area contributed by atoms with Crippen LogP contribution in [-0.2, 0) is 14.3 Å². The van der Waals surface area contributed by atoms with Crippen LogP contribution in [0.4, 0.5) is 4.79 Å². The average molecular weight is 287 g/mol. The summed E-state index contributed by atoms with van der Waals surface area (Å²) in [6.07, 6.45) is 6.75. The molecule has 0 bridgehead atoms. The van der Waals surface area contributed by atoms with Gasteiger partial charge >= 0.3 is 12.1 Å². The molecule has 0 rings (SSSR count). The molecule has 118 valence electrons. The van der Waals surface area contributed by atoms with Gasteiger partial charge in [0, 0.05) is 0 Å². The van der Waals surface area contributed by atoms with Crippen molar-refractivity contribution in [3.63, 3.8) is 0 Å². The van der Waals surface area contributed by atoms with Gasteiger partial charge in [0.1, 0.15) is 6.04 Å². The van der Waals surface area contributed by atoms with Crippen LogP contribution in [0.25, 0.3) is 0 Å². The highest BCUT2D eigenvalue weighted by atomic mass is 16.6. The fourth-order valence-corrected chi connectivity index (χ4v) is 1.59. The van der Waals surface area contributed by atoms with Gasteiger partial charge in [-0.1, -0.05) is 46.0 Å². The molecule has 1 atom stereocenters. The number of esters is 1. The van der Waals surface area contributed by atoms with Gasteiger partial charge in [-0.05, 0) is 19.8 Å². The van der Waals surface area contributed by atoms with E-state index in [4.69, 9.17) is 9.47 Å². The Morgan fingerprint density at radius 1 is 0.900 bits per heavy atom. The van der Waals surface area contributed by atoms with Crippen molar-refractivity contribution in [1.82, 2.24) is 5.32 Å². The van der Waals surface area contributed by atoms with Gasteiger partial charge in [0.25, 0.3) is 0 Å². The fourth-order valence-electron chi connectivity index (χ4n) is 1.59. The van der Waals surface area contributed by atoms with Crippen molar-refractivity contribution in [2.45, 2.75) is 71.8 Å². The van der Waals surface area contributed by atoms with Crippen LogP contribution in [0.15, 0.2) is 0 Å². The summed E-state index contributed by atoms with van der Waals surface area (Å²) >= 11 is 0. The summed E-state index contributed by atoms with van der Waals surface area (Å²) in [4.78, 5) is 22.9. The number of hydrogen-bond donors (Lipinski definition) is 1. The second kappa shape index (κ2) is 12.8. The first-order valence-electron chi connectivity index (χ1n) is 7.71. The number of unbranched alkanes of at least 4 members (excludes halogenated alkanes) is 5. The third-order valence-corrected chi connectivity index (χ3v) is 2.91. The van der Waals surface area contributed by atoms with Crippen molar-refractivity contribution in [3.05, 3.63) is 0 Å². The molecule has 0 aliphatic rings. The molecule has 5 nitrogen and oxygen atoms in total. The zero-order valence-corrected chi connectivity index (χ0v) is 13.1. The molecule has 1 unspecified atom stereocenters. The van der Waals surface area contributed by atoms with E-state index in [0.717, 1.165) is 25.7 Å². The van der Waals surface area contributed by atoms with Crippen LogP contribution in [0.2, 0.25) is 0 Å². The lowest BCUT2D eigenvalue weighted by Crippen LogP contribution is -2.40. The second-order valence-corrected chi connectivity index (χ2v) is 4.94. The number of nitrogens with one attached hydrogen (secondary N) is 1. The number of ether oxygens (including phenoxy) is 2. The SMILES string of the molecule is CCCCCCCOC(=O)C(C)NC(=O)OCCCC. The Kier molecular flexibility index (Phi) is 12.0. The minimum Gasteiger partial charge on any atom is -0.464 e. The van der Waals surface area contributed by atoms with Crippen molar-refractivity contribution in [1.29, 1.82) is 0 Å². The molecule has 0 aliphatic heterocycles. The van der Waals surface area contributed by atoms with Crippen molar-refractivity contribution in [2.75, 3.05) is 13.2 Å². The van der Waals surface area contributed by atoms with Crippen molar-refractivity contribution >= 4 is 12.1 Å². The van der Waals surface area contributed by atoms with Gasteiger partial charge in [-0.15, -0.1) is 0 Å². The first-order valence-corrected chi connectivity index (χ1v) is 7.71. The topological polar surface area (TPSA) is 64.6 Å². The maximum Gasteiger partial charge on any atom is 0.407 e. The molecular weight excluding hydrogens is 258 g/mol. The molecule has 1 amide bonds. The Balaban J connectivity index is 3.62. The number of rotatable bonds is 11. The van der Waals surface area contributed by atoms with E-state index in [-0.39, 0.29) is 0 Å². The Labute approximate surface area is 122 Å². The summed E-state index contributed by atoms with van der Waals surface area (Å²) in [6.45, 7) is 6.57. The monoisotopic (exact) mass is 287 g/mol. The van der Waals surface area contributed by atoms with E-state index in [1.54, 1.807) is 6.92 Å². The molecule has 0 saturated carbocycles. The van der Waals surface area contributed by atoms with Gasteiger partial charge in [-0.2, -0.15) is 0 Å². The van der Waals surface area contributed by atoms with Gasteiger partial charge in [0.15, 0.2) is 0 Å². The highest BCUT2D eigenvalue weighted by Gasteiger charge is 2.17. The highest BCUT2D eigenvalue weighted by molar-refractivity contribution is 5.80. The van der Waals surface area contributed by atoms with Gasteiger partial charge in [-0.3, -0.25) is 0 Å². The third kappa shape index (κ3) is 10.6.